The number of primary sulfonamides is 1. The Morgan fingerprint density at radius 2 is 2.07 bits per heavy atom. The first-order valence-electron chi connectivity index (χ1n) is 9.42. The monoisotopic (exact) mass is 420 g/mol. The largest absolute Gasteiger partial charge is 0.327 e. The zero-order valence-corrected chi connectivity index (χ0v) is 17.6. The number of unbranched alkanes of at least 4 members (excludes halogenated alkanes) is 1. The molecule has 1 aliphatic rings. The van der Waals surface area contributed by atoms with E-state index in [2.05, 4.69) is 26.3 Å². The fourth-order valence-electron chi connectivity index (χ4n) is 3.29. The fourth-order valence-corrected chi connectivity index (χ4v) is 4.69. The second-order valence-electron chi connectivity index (χ2n) is 7.19. The highest BCUT2D eigenvalue weighted by atomic mass is 32.2. The second-order valence-corrected chi connectivity index (χ2v) is 9.70. The van der Waals surface area contributed by atoms with E-state index in [1.54, 1.807) is 30.0 Å². The molecule has 2 aromatic heterocycles. The van der Waals surface area contributed by atoms with Gasteiger partial charge in [-0.05, 0) is 37.5 Å². The van der Waals surface area contributed by atoms with Crippen LogP contribution in [0.15, 0.2) is 28.3 Å². The number of imidazole rings is 1. The zero-order valence-electron chi connectivity index (χ0n) is 16.0. The van der Waals surface area contributed by atoms with Gasteiger partial charge in [-0.2, -0.15) is 0 Å². The molecule has 1 saturated carbocycles. The third-order valence-electron chi connectivity index (χ3n) is 5.00. The van der Waals surface area contributed by atoms with Crippen LogP contribution in [0.3, 0.4) is 0 Å². The third-order valence-corrected chi connectivity index (χ3v) is 6.93. The third kappa shape index (κ3) is 3.81. The van der Waals surface area contributed by atoms with Crippen LogP contribution in [-0.2, 0) is 29.4 Å². The molecule has 0 atom stereocenters. The van der Waals surface area contributed by atoms with Crippen molar-refractivity contribution >= 4 is 32.8 Å². The molecule has 1 aromatic carbocycles. The number of hydrogen-bond acceptors (Lipinski definition) is 6. The minimum atomic E-state index is -3.75. The van der Waals surface area contributed by atoms with Crippen LogP contribution < -0.4 is 5.14 Å². The van der Waals surface area contributed by atoms with E-state index in [1.165, 1.54) is 12.8 Å². The molecular weight excluding hydrogens is 396 g/mol. The summed E-state index contributed by atoms with van der Waals surface area (Å²) in [7, 11) is -1.74. The minimum absolute atomic E-state index is 0.0849. The number of nitrogens with zero attached hydrogens (tertiary/aromatic N) is 5. The maximum absolute atomic E-state index is 11.7. The van der Waals surface area contributed by atoms with E-state index in [9.17, 15) is 8.42 Å². The van der Waals surface area contributed by atoms with Gasteiger partial charge in [0.05, 0.1) is 21.7 Å². The van der Waals surface area contributed by atoms with Gasteiger partial charge in [-0.15, -0.1) is 10.2 Å². The smallest absolute Gasteiger partial charge is 0.238 e. The molecule has 0 radical (unpaired) electrons. The van der Waals surface area contributed by atoms with Crippen LogP contribution in [0.5, 0.6) is 0 Å². The number of fused-ring (bicyclic) bond motifs is 1. The zero-order chi connectivity index (χ0) is 19.9. The van der Waals surface area contributed by atoms with Gasteiger partial charge in [-0.1, -0.05) is 25.1 Å². The van der Waals surface area contributed by atoms with Crippen LogP contribution in [-0.4, -0.2) is 32.7 Å². The van der Waals surface area contributed by atoms with Crippen molar-refractivity contribution in [3.05, 3.63) is 29.8 Å². The van der Waals surface area contributed by atoms with Crippen molar-refractivity contribution in [1.82, 2.24) is 24.3 Å². The van der Waals surface area contributed by atoms with Crippen molar-refractivity contribution in [2.24, 2.45) is 12.2 Å². The predicted octanol–water partition coefficient (Wildman–Crippen LogP) is 2.78. The van der Waals surface area contributed by atoms with Crippen LogP contribution in [0.2, 0.25) is 0 Å². The van der Waals surface area contributed by atoms with Gasteiger partial charge >= 0.3 is 0 Å². The highest BCUT2D eigenvalue weighted by Gasteiger charge is 2.29. The van der Waals surface area contributed by atoms with E-state index in [-0.39, 0.29) is 4.90 Å². The number of nitrogens with two attached hydrogens (primary N) is 1. The Bertz CT molecular complexity index is 1110. The number of hydrogen-bond donors (Lipinski definition) is 1. The molecule has 1 aliphatic carbocycles. The van der Waals surface area contributed by atoms with Gasteiger partial charge in [-0.3, -0.25) is 0 Å². The summed E-state index contributed by atoms with van der Waals surface area (Å²) in [4.78, 5) is 4.79. The van der Waals surface area contributed by atoms with E-state index in [0.29, 0.717) is 17.2 Å². The van der Waals surface area contributed by atoms with Crippen molar-refractivity contribution in [2.45, 2.75) is 60.9 Å². The molecule has 0 bridgehead atoms. The van der Waals surface area contributed by atoms with E-state index in [1.807, 2.05) is 7.05 Å². The molecule has 2 heterocycles. The van der Waals surface area contributed by atoms with Crippen LogP contribution in [0.1, 0.15) is 50.2 Å². The van der Waals surface area contributed by atoms with Gasteiger partial charge in [-0.25, -0.2) is 18.5 Å². The average Bonchev–Trinajstić information content (AvgIpc) is 3.34. The standard InChI is InChI=1S/C18H24N6O2S2/c1-3-4-9-24-15-8-7-13(28(19,25)26)10-14(15)20-16(24)11-27-18-22-21-17(23(18)2)12-5-6-12/h7-8,10,12H,3-6,9,11H2,1-2H3,(H2,19,25,26). The molecule has 3 aromatic rings. The molecule has 10 heteroatoms. The number of aromatic nitrogens is 5. The summed E-state index contributed by atoms with van der Waals surface area (Å²) >= 11 is 1.60. The lowest BCUT2D eigenvalue weighted by Crippen LogP contribution is -2.11. The number of thioether (sulfide) groups is 1. The molecule has 0 spiro atoms. The van der Waals surface area contributed by atoms with E-state index >= 15 is 0 Å². The first-order chi connectivity index (χ1) is 13.4. The van der Waals surface area contributed by atoms with Gasteiger partial charge in [0.2, 0.25) is 10.0 Å². The molecule has 2 N–H and O–H groups in total. The van der Waals surface area contributed by atoms with Crippen molar-refractivity contribution in [1.29, 1.82) is 0 Å². The Labute approximate surface area is 168 Å². The Kier molecular flexibility index (Phi) is 5.19. The summed E-state index contributed by atoms with van der Waals surface area (Å²) in [5.41, 5.74) is 1.57. The van der Waals surface area contributed by atoms with Crippen LogP contribution in [0.25, 0.3) is 11.0 Å². The molecule has 0 saturated heterocycles. The van der Waals surface area contributed by atoms with E-state index in [4.69, 9.17) is 10.1 Å². The quantitative estimate of drug-likeness (QED) is 0.561. The normalized spacial score (nSPS) is 14.8. The Balaban J connectivity index is 1.64. The lowest BCUT2D eigenvalue weighted by molar-refractivity contribution is 0.598. The van der Waals surface area contributed by atoms with Crippen LogP contribution in [0.4, 0.5) is 0 Å². The first kappa shape index (κ1) is 19.4. The maximum atomic E-state index is 11.7. The molecule has 0 unspecified atom stereocenters. The van der Waals surface area contributed by atoms with Gasteiger partial charge in [0, 0.05) is 19.5 Å². The number of benzene rings is 1. The van der Waals surface area contributed by atoms with Crippen molar-refractivity contribution in [3.8, 4) is 0 Å². The predicted molar refractivity (Wildman–Crippen MR) is 109 cm³/mol. The minimum Gasteiger partial charge on any atom is -0.327 e. The summed E-state index contributed by atoms with van der Waals surface area (Å²) in [5, 5.41) is 14.8. The molecule has 4 rings (SSSR count). The molecule has 0 aliphatic heterocycles. The van der Waals surface area contributed by atoms with Gasteiger partial charge < -0.3 is 9.13 Å². The van der Waals surface area contributed by atoms with E-state index in [0.717, 1.165) is 41.7 Å². The van der Waals surface area contributed by atoms with Gasteiger partial charge in [0.1, 0.15) is 11.6 Å². The lowest BCUT2D eigenvalue weighted by atomic mass is 10.3. The summed E-state index contributed by atoms with van der Waals surface area (Å²) in [6.07, 6.45) is 4.47. The number of rotatable bonds is 8. The highest BCUT2D eigenvalue weighted by molar-refractivity contribution is 7.98. The van der Waals surface area contributed by atoms with E-state index < -0.39 is 10.0 Å². The maximum Gasteiger partial charge on any atom is 0.238 e. The average molecular weight is 421 g/mol. The summed E-state index contributed by atoms with van der Waals surface area (Å²) < 4.78 is 27.6. The topological polar surface area (TPSA) is 109 Å². The van der Waals surface area contributed by atoms with Crippen molar-refractivity contribution in [2.75, 3.05) is 0 Å². The van der Waals surface area contributed by atoms with Gasteiger partial charge in [0.25, 0.3) is 0 Å². The number of aryl methyl sites for hydroxylation is 1. The second kappa shape index (κ2) is 7.49. The summed E-state index contributed by atoms with van der Waals surface area (Å²) in [5.74, 6) is 3.15. The Morgan fingerprint density at radius 1 is 1.29 bits per heavy atom. The van der Waals surface area contributed by atoms with Crippen molar-refractivity contribution in [3.63, 3.8) is 0 Å². The van der Waals surface area contributed by atoms with Crippen LogP contribution >= 0.6 is 11.8 Å². The highest BCUT2D eigenvalue weighted by Crippen LogP contribution is 2.39. The van der Waals surface area contributed by atoms with Crippen molar-refractivity contribution < 1.29 is 8.42 Å². The molecule has 8 nitrogen and oxygen atoms in total. The molecule has 0 amide bonds. The first-order valence-corrected chi connectivity index (χ1v) is 12.0. The van der Waals surface area contributed by atoms with Gasteiger partial charge in [0.15, 0.2) is 5.16 Å². The Hall–Kier alpha value is -1.91. The van der Waals surface area contributed by atoms with Crippen LogP contribution in [0, 0.1) is 0 Å². The molecular formula is C18H24N6O2S2. The molecule has 28 heavy (non-hydrogen) atoms. The summed E-state index contributed by atoms with van der Waals surface area (Å²) in [6.45, 7) is 2.98. The Morgan fingerprint density at radius 3 is 2.75 bits per heavy atom. The fraction of sp³-hybridized carbons (Fsp3) is 0.500. The number of sulfonamides is 1. The lowest BCUT2D eigenvalue weighted by Gasteiger charge is -2.08. The molecule has 150 valence electrons. The summed E-state index contributed by atoms with van der Waals surface area (Å²) in [6, 6.07) is 4.89. The molecule has 1 fully saturated rings. The SMILES string of the molecule is CCCCn1c(CSc2nnc(C3CC3)n2C)nc2cc(S(N)(=O)=O)ccc21.